The van der Waals surface area contributed by atoms with Crippen LogP contribution in [0.2, 0.25) is 5.02 Å². The van der Waals surface area contributed by atoms with Crippen LogP contribution >= 0.6 is 11.6 Å². The Kier molecular flexibility index (Phi) is 5.59. The van der Waals surface area contributed by atoms with Crippen LogP contribution in [0.25, 0.3) is 22.0 Å². The van der Waals surface area contributed by atoms with E-state index in [1.165, 1.54) is 0 Å². The lowest BCUT2D eigenvalue weighted by Crippen LogP contribution is -2.02. The molecule has 0 spiro atoms. The fourth-order valence-corrected chi connectivity index (χ4v) is 3.46. The molecule has 3 aromatic carbocycles. The normalized spacial score (nSPS) is 10.7. The summed E-state index contributed by atoms with van der Waals surface area (Å²) in [5, 5.41) is 14.5. The average Bonchev–Trinajstić information content (AvgIpc) is 2.79. The summed E-state index contributed by atoms with van der Waals surface area (Å²) < 4.78 is 16.5. The van der Waals surface area contributed by atoms with Crippen molar-refractivity contribution in [3.05, 3.63) is 65.7 Å². The largest absolute Gasteiger partial charge is 0.495 e. The minimum Gasteiger partial charge on any atom is -0.495 e. The molecule has 0 amide bonds. The van der Waals surface area contributed by atoms with E-state index in [0.29, 0.717) is 33.8 Å². The number of ether oxygens (including phenoxy) is 3. The van der Waals surface area contributed by atoms with E-state index in [4.69, 9.17) is 25.8 Å². The van der Waals surface area contributed by atoms with Gasteiger partial charge < -0.3 is 19.5 Å². The molecule has 152 valence electrons. The van der Waals surface area contributed by atoms with Gasteiger partial charge in [0.2, 0.25) is 0 Å². The van der Waals surface area contributed by atoms with E-state index in [9.17, 15) is 0 Å². The maximum absolute atomic E-state index is 6.18. The minimum atomic E-state index is 0.547. The molecule has 0 aliphatic rings. The number of rotatable bonds is 6. The van der Waals surface area contributed by atoms with Crippen molar-refractivity contribution in [1.29, 1.82) is 0 Å². The topological polar surface area (TPSA) is 65.5 Å². The number of methoxy groups -OCH3 is 3. The molecule has 4 rings (SSSR count). The quantitative estimate of drug-likeness (QED) is 0.429. The first-order chi connectivity index (χ1) is 14.6. The highest BCUT2D eigenvalue weighted by Crippen LogP contribution is 2.40. The molecule has 0 aliphatic carbocycles. The second-order valence-corrected chi connectivity index (χ2v) is 6.92. The molecule has 1 N–H and O–H groups in total. The Morgan fingerprint density at radius 2 is 1.40 bits per heavy atom. The zero-order valence-corrected chi connectivity index (χ0v) is 17.5. The van der Waals surface area contributed by atoms with E-state index >= 15 is 0 Å². The Morgan fingerprint density at radius 1 is 0.733 bits per heavy atom. The average molecular weight is 422 g/mol. The van der Waals surface area contributed by atoms with Gasteiger partial charge in [-0.2, -0.15) is 0 Å². The molecule has 1 aromatic heterocycles. The Morgan fingerprint density at radius 3 is 2.07 bits per heavy atom. The van der Waals surface area contributed by atoms with E-state index in [2.05, 4.69) is 15.5 Å². The SMILES string of the molecule is COc1ccc(Cl)cc1Nc1nnc(-c2ccccc2)c2cc(OC)c(OC)cc12. The number of halogens is 1. The van der Waals surface area contributed by atoms with Crippen LogP contribution in [0.5, 0.6) is 17.2 Å². The van der Waals surface area contributed by atoms with Crippen LogP contribution in [0.4, 0.5) is 11.5 Å². The van der Waals surface area contributed by atoms with Crippen molar-refractivity contribution >= 4 is 33.9 Å². The van der Waals surface area contributed by atoms with E-state index in [0.717, 1.165) is 22.0 Å². The smallest absolute Gasteiger partial charge is 0.161 e. The van der Waals surface area contributed by atoms with Gasteiger partial charge in [-0.05, 0) is 30.3 Å². The van der Waals surface area contributed by atoms with Crippen LogP contribution in [0, 0.1) is 0 Å². The van der Waals surface area contributed by atoms with Gasteiger partial charge in [-0.15, -0.1) is 10.2 Å². The summed E-state index contributed by atoms with van der Waals surface area (Å²) in [5.74, 6) is 2.40. The molecule has 0 bridgehead atoms. The highest BCUT2D eigenvalue weighted by molar-refractivity contribution is 6.31. The molecule has 0 fully saturated rings. The van der Waals surface area contributed by atoms with Crippen LogP contribution in [-0.2, 0) is 0 Å². The number of nitrogens with one attached hydrogen (secondary N) is 1. The summed E-state index contributed by atoms with van der Waals surface area (Å²) in [7, 11) is 4.81. The zero-order chi connectivity index (χ0) is 21.1. The molecule has 0 saturated carbocycles. The van der Waals surface area contributed by atoms with E-state index < -0.39 is 0 Å². The fraction of sp³-hybridized carbons (Fsp3) is 0.130. The summed E-state index contributed by atoms with van der Waals surface area (Å²) in [5.41, 5.74) is 2.38. The standard InChI is InChI=1S/C23H20ClN3O3/c1-28-19-10-9-15(24)11-18(19)25-23-17-13-21(30-3)20(29-2)12-16(17)22(26-27-23)14-7-5-4-6-8-14/h4-13H,1-3H3,(H,25,27). The lowest BCUT2D eigenvalue weighted by molar-refractivity contribution is 0.356. The van der Waals surface area contributed by atoms with Gasteiger partial charge >= 0.3 is 0 Å². The number of aromatic nitrogens is 2. The molecule has 30 heavy (non-hydrogen) atoms. The molecular formula is C23H20ClN3O3. The molecular weight excluding hydrogens is 402 g/mol. The Balaban J connectivity index is 1.94. The summed E-state index contributed by atoms with van der Waals surface area (Å²) in [6.07, 6.45) is 0. The fourth-order valence-electron chi connectivity index (χ4n) is 3.29. The van der Waals surface area contributed by atoms with Gasteiger partial charge in [0.05, 0.1) is 27.0 Å². The van der Waals surface area contributed by atoms with Gasteiger partial charge in [-0.25, -0.2) is 0 Å². The van der Waals surface area contributed by atoms with Crippen LogP contribution in [-0.4, -0.2) is 31.5 Å². The third-order valence-corrected chi connectivity index (χ3v) is 4.98. The zero-order valence-electron chi connectivity index (χ0n) is 16.8. The van der Waals surface area contributed by atoms with Crippen molar-refractivity contribution in [3.63, 3.8) is 0 Å². The Hall–Kier alpha value is -3.51. The maximum atomic E-state index is 6.18. The van der Waals surface area contributed by atoms with Gasteiger partial charge in [-0.3, -0.25) is 0 Å². The third-order valence-electron chi connectivity index (χ3n) is 4.75. The molecule has 0 unspecified atom stereocenters. The number of anilines is 2. The van der Waals surface area contributed by atoms with Crippen molar-refractivity contribution in [2.24, 2.45) is 0 Å². The maximum Gasteiger partial charge on any atom is 0.161 e. The molecule has 1 heterocycles. The molecule has 4 aromatic rings. The van der Waals surface area contributed by atoms with Gasteiger partial charge in [0.25, 0.3) is 0 Å². The van der Waals surface area contributed by atoms with Crippen molar-refractivity contribution < 1.29 is 14.2 Å². The number of hydrogen-bond acceptors (Lipinski definition) is 6. The molecule has 0 aliphatic heterocycles. The van der Waals surface area contributed by atoms with Crippen molar-refractivity contribution in [2.75, 3.05) is 26.6 Å². The van der Waals surface area contributed by atoms with Gasteiger partial charge in [-0.1, -0.05) is 41.9 Å². The van der Waals surface area contributed by atoms with Crippen LogP contribution < -0.4 is 19.5 Å². The summed E-state index contributed by atoms with van der Waals surface area (Å²) in [4.78, 5) is 0. The van der Waals surface area contributed by atoms with Crippen molar-refractivity contribution in [2.45, 2.75) is 0 Å². The molecule has 7 heteroatoms. The van der Waals surface area contributed by atoms with E-state index in [-0.39, 0.29) is 0 Å². The summed E-state index contributed by atoms with van der Waals surface area (Å²) >= 11 is 6.18. The second kappa shape index (κ2) is 8.47. The highest BCUT2D eigenvalue weighted by atomic mass is 35.5. The second-order valence-electron chi connectivity index (χ2n) is 6.49. The molecule has 0 saturated heterocycles. The summed E-state index contributed by atoms with van der Waals surface area (Å²) in [6.45, 7) is 0. The van der Waals surface area contributed by atoms with Crippen LogP contribution in [0.1, 0.15) is 0 Å². The van der Waals surface area contributed by atoms with Gasteiger partial charge in [0.1, 0.15) is 11.4 Å². The Labute approximate surface area is 179 Å². The lowest BCUT2D eigenvalue weighted by Gasteiger charge is -2.16. The van der Waals surface area contributed by atoms with E-state index in [1.807, 2.05) is 42.5 Å². The van der Waals surface area contributed by atoms with Crippen LogP contribution in [0.3, 0.4) is 0 Å². The molecule has 6 nitrogen and oxygen atoms in total. The predicted octanol–water partition coefficient (Wildman–Crippen LogP) is 5.72. The first kappa shape index (κ1) is 19.8. The van der Waals surface area contributed by atoms with Crippen molar-refractivity contribution in [3.8, 4) is 28.5 Å². The lowest BCUT2D eigenvalue weighted by atomic mass is 10.0. The minimum absolute atomic E-state index is 0.547. The number of benzene rings is 3. The monoisotopic (exact) mass is 421 g/mol. The number of hydrogen-bond donors (Lipinski definition) is 1. The van der Waals surface area contributed by atoms with Gasteiger partial charge in [0, 0.05) is 21.4 Å². The number of fused-ring (bicyclic) bond motifs is 1. The number of nitrogens with zero attached hydrogens (tertiary/aromatic N) is 2. The predicted molar refractivity (Wildman–Crippen MR) is 119 cm³/mol. The van der Waals surface area contributed by atoms with Crippen molar-refractivity contribution in [1.82, 2.24) is 10.2 Å². The third kappa shape index (κ3) is 3.69. The van der Waals surface area contributed by atoms with E-state index in [1.54, 1.807) is 39.5 Å². The van der Waals surface area contributed by atoms with Crippen LogP contribution in [0.15, 0.2) is 60.7 Å². The first-order valence-corrected chi connectivity index (χ1v) is 9.60. The van der Waals surface area contributed by atoms with Gasteiger partial charge in [0.15, 0.2) is 17.3 Å². The molecule has 0 atom stereocenters. The molecule has 0 radical (unpaired) electrons. The first-order valence-electron chi connectivity index (χ1n) is 9.23. The Bertz CT molecular complexity index is 1200. The highest BCUT2D eigenvalue weighted by Gasteiger charge is 2.17. The summed E-state index contributed by atoms with van der Waals surface area (Å²) in [6, 6.07) is 19.0.